The van der Waals surface area contributed by atoms with E-state index in [0.717, 1.165) is 5.69 Å². The zero-order valence-corrected chi connectivity index (χ0v) is 13.8. The molecule has 1 heterocycles. The van der Waals surface area contributed by atoms with Gasteiger partial charge in [0.2, 0.25) is 0 Å². The van der Waals surface area contributed by atoms with Crippen LogP contribution in [0.1, 0.15) is 49.1 Å². The van der Waals surface area contributed by atoms with Gasteiger partial charge in [-0.25, -0.2) is 0 Å². The van der Waals surface area contributed by atoms with Crippen molar-refractivity contribution in [3.63, 3.8) is 0 Å². The van der Waals surface area contributed by atoms with Crippen molar-refractivity contribution in [2.75, 3.05) is 0 Å². The fourth-order valence-corrected chi connectivity index (χ4v) is 3.93. The number of rotatable bonds is 2. The molecule has 0 bridgehead atoms. The first-order valence-corrected chi connectivity index (χ1v) is 8.77. The van der Waals surface area contributed by atoms with Gasteiger partial charge in [-0.15, -0.1) is 0 Å². The molecule has 0 N–H and O–H groups in total. The number of fused-ring (bicyclic) bond motifs is 1. The van der Waals surface area contributed by atoms with Crippen LogP contribution in [0.5, 0.6) is 0 Å². The smallest absolute Gasteiger partial charge is 0.0704 e. The average Bonchev–Trinajstić information content (AvgIpc) is 2.61. The molecule has 1 nitrogen and oxygen atoms in total. The lowest BCUT2D eigenvalue weighted by molar-refractivity contribution is 0.445. The lowest BCUT2D eigenvalue weighted by atomic mass is 9.81. The van der Waals surface area contributed by atoms with E-state index < -0.39 is 0 Å². The van der Waals surface area contributed by atoms with E-state index in [4.69, 9.17) is 0 Å². The molecule has 1 heteroatoms. The first-order chi connectivity index (χ1) is 11.3. The van der Waals surface area contributed by atoms with E-state index in [1.807, 2.05) is 6.20 Å². The maximum Gasteiger partial charge on any atom is 0.0704 e. The standard InChI is InChI=1S/C22H23N/c1-16-11-12-23-22(13-16)19-14-18-9-5-6-10-20(18)21(15-19)17-7-3-2-4-8-17/h5-6,9-15,17H,2-4,7-8H2,1H3. The molecule has 0 radical (unpaired) electrons. The molecule has 2 aromatic carbocycles. The van der Waals surface area contributed by atoms with E-state index in [1.54, 1.807) is 0 Å². The molecule has 4 rings (SSSR count). The first-order valence-electron chi connectivity index (χ1n) is 8.77. The number of pyridine rings is 1. The van der Waals surface area contributed by atoms with Crippen LogP contribution in [-0.4, -0.2) is 4.98 Å². The number of hydrogen-bond acceptors (Lipinski definition) is 1. The molecule has 0 spiro atoms. The summed E-state index contributed by atoms with van der Waals surface area (Å²) < 4.78 is 0. The van der Waals surface area contributed by atoms with Crippen LogP contribution >= 0.6 is 0 Å². The van der Waals surface area contributed by atoms with Crippen LogP contribution in [0.3, 0.4) is 0 Å². The molecule has 1 fully saturated rings. The number of aromatic nitrogens is 1. The fourth-order valence-electron chi connectivity index (χ4n) is 3.93. The Balaban J connectivity index is 1.89. The summed E-state index contributed by atoms with van der Waals surface area (Å²) in [7, 11) is 0. The molecule has 116 valence electrons. The molecule has 1 saturated carbocycles. The second-order valence-corrected chi connectivity index (χ2v) is 6.84. The second kappa shape index (κ2) is 6.16. The average molecular weight is 301 g/mol. The monoisotopic (exact) mass is 301 g/mol. The SMILES string of the molecule is Cc1ccnc(-c2cc(C3CCCCC3)c3ccccc3c2)c1. The van der Waals surface area contributed by atoms with E-state index in [9.17, 15) is 0 Å². The molecule has 0 saturated heterocycles. The van der Waals surface area contributed by atoms with Gasteiger partial charge in [0, 0.05) is 11.8 Å². The van der Waals surface area contributed by atoms with E-state index in [1.165, 1.54) is 59.6 Å². The minimum absolute atomic E-state index is 0.707. The van der Waals surface area contributed by atoms with Gasteiger partial charge in [-0.2, -0.15) is 0 Å². The predicted octanol–water partition coefficient (Wildman–Crippen LogP) is 6.26. The Labute approximate surface area is 138 Å². The zero-order valence-electron chi connectivity index (χ0n) is 13.8. The summed E-state index contributed by atoms with van der Waals surface area (Å²) in [6.07, 6.45) is 8.70. The van der Waals surface area contributed by atoms with Crippen LogP contribution in [-0.2, 0) is 0 Å². The highest BCUT2D eigenvalue weighted by Gasteiger charge is 2.18. The lowest BCUT2D eigenvalue weighted by Crippen LogP contribution is -2.05. The van der Waals surface area contributed by atoms with Crippen LogP contribution in [0.25, 0.3) is 22.0 Å². The molecule has 23 heavy (non-hydrogen) atoms. The van der Waals surface area contributed by atoms with Crippen LogP contribution < -0.4 is 0 Å². The van der Waals surface area contributed by atoms with Crippen molar-refractivity contribution in [1.29, 1.82) is 0 Å². The molecule has 1 aliphatic carbocycles. The maximum absolute atomic E-state index is 4.60. The van der Waals surface area contributed by atoms with Gasteiger partial charge >= 0.3 is 0 Å². The molecule has 0 amide bonds. The van der Waals surface area contributed by atoms with Crippen molar-refractivity contribution >= 4 is 10.8 Å². The summed E-state index contributed by atoms with van der Waals surface area (Å²) in [6.45, 7) is 2.13. The molecular weight excluding hydrogens is 278 g/mol. The highest BCUT2D eigenvalue weighted by molar-refractivity contribution is 5.90. The summed E-state index contributed by atoms with van der Waals surface area (Å²) in [5.74, 6) is 0.707. The first kappa shape index (κ1) is 14.4. The fraction of sp³-hybridized carbons (Fsp3) is 0.318. The van der Waals surface area contributed by atoms with Crippen LogP contribution in [0.4, 0.5) is 0 Å². The number of benzene rings is 2. The van der Waals surface area contributed by atoms with Gasteiger partial charge in [-0.05, 0) is 71.8 Å². The Bertz CT molecular complexity index is 828. The van der Waals surface area contributed by atoms with Gasteiger partial charge in [0.25, 0.3) is 0 Å². The van der Waals surface area contributed by atoms with Gasteiger partial charge < -0.3 is 0 Å². The van der Waals surface area contributed by atoms with Gasteiger partial charge in [0.05, 0.1) is 5.69 Å². The summed E-state index contributed by atoms with van der Waals surface area (Å²) in [5.41, 5.74) is 5.14. The minimum atomic E-state index is 0.707. The number of hydrogen-bond donors (Lipinski definition) is 0. The molecule has 0 aliphatic heterocycles. The van der Waals surface area contributed by atoms with Crippen molar-refractivity contribution < 1.29 is 0 Å². The lowest BCUT2D eigenvalue weighted by Gasteiger charge is -2.24. The molecule has 3 aromatic rings. The predicted molar refractivity (Wildman–Crippen MR) is 97.7 cm³/mol. The zero-order chi connectivity index (χ0) is 15.6. The van der Waals surface area contributed by atoms with Crippen molar-refractivity contribution in [3.8, 4) is 11.3 Å². The van der Waals surface area contributed by atoms with Gasteiger partial charge in [-0.1, -0.05) is 43.5 Å². The van der Waals surface area contributed by atoms with Crippen LogP contribution in [0.15, 0.2) is 54.7 Å². The summed E-state index contributed by atoms with van der Waals surface area (Å²) in [6, 6.07) is 17.8. The third-order valence-corrected chi connectivity index (χ3v) is 5.15. The molecular formula is C22H23N. The highest BCUT2D eigenvalue weighted by Crippen LogP contribution is 2.38. The summed E-state index contributed by atoms with van der Waals surface area (Å²) >= 11 is 0. The Morgan fingerprint density at radius 2 is 1.74 bits per heavy atom. The summed E-state index contributed by atoms with van der Waals surface area (Å²) in [4.78, 5) is 4.60. The topological polar surface area (TPSA) is 12.9 Å². The van der Waals surface area contributed by atoms with Gasteiger partial charge in [0.1, 0.15) is 0 Å². The van der Waals surface area contributed by atoms with E-state index in [0.29, 0.717) is 5.92 Å². The van der Waals surface area contributed by atoms with Crippen molar-refractivity contribution in [1.82, 2.24) is 4.98 Å². The Kier molecular flexibility index (Phi) is 3.87. The Morgan fingerprint density at radius 1 is 0.913 bits per heavy atom. The van der Waals surface area contributed by atoms with E-state index >= 15 is 0 Å². The van der Waals surface area contributed by atoms with E-state index in [2.05, 4.69) is 60.4 Å². The van der Waals surface area contributed by atoms with Gasteiger partial charge in [-0.3, -0.25) is 4.98 Å². The minimum Gasteiger partial charge on any atom is -0.256 e. The van der Waals surface area contributed by atoms with Crippen molar-refractivity contribution in [2.45, 2.75) is 44.9 Å². The summed E-state index contributed by atoms with van der Waals surface area (Å²) in [5, 5.41) is 2.77. The van der Waals surface area contributed by atoms with E-state index in [-0.39, 0.29) is 0 Å². The molecule has 1 aromatic heterocycles. The number of nitrogens with zero attached hydrogens (tertiary/aromatic N) is 1. The largest absolute Gasteiger partial charge is 0.256 e. The third-order valence-electron chi connectivity index (χ3n) is 5.15. The third kappa shape index (κ3) is 2.88. The Hall–Kier alpha value is -2.15. The quantitative estimate of drug-likeness (QED) is 0.544. The van der Waals surface area contributed by atoms with Crippen molar-refractivity contribution in [3.05, 3.63) is 65.9 Å². The van der Waals surface area contributed by atoms with Crippen LogP contribution in [0.2, 0.25) is 0 Å². The highest BCUT2D eigenvalue weighted by atomic mass is 14.7. The Morgan fingerprint density at radius 3 is 2.57 bits per heavy atom. The molecule has 0 atom stereocenters. The maximum atomic E-state index is 4.60. The van der Waals surface area contributed by atoms with Crippen LogP contribution in [0, 0.1) is 6.92 Å². The molecule has 0 unspecified atom stereocenters. The van der Waals surface area contributed by atoms with Crippen molar-refractivity contribution in [2.24, 2.45) is 0 Å². The number of aryl methyl sites for hydroxylation is 1. The normalized spacial score (nSPS) is 15.9. The van der Waals surface area contributed by atoms with Gasteiger partial charge in [0.15, 0.2) is 0 Å². The second-order valence-electron chi connectivity index (χ2n) is 6.84. The molecule has 1 aliphatic rings.